The first-order valence-corrected chi connectivity index (χ1v) is 10.7. The quantitative estimate of drug-likeness (QED) is 0.290. The summed E-state index contributed by atoms with van der Waals surface area (Å²) in [6.45, 7) is 2.53. The highest BCUT2D eigenvalue weighted by Crippen LogP contribution is 2.46. The van der Waals surface area contributed by atoms with Gasteiger partial charge in [-0.2, -0.15) is 5.10 Å². The van der Waals surface area contributed by atoms with Crippen LogP contribution in [0.15, 0.2) is 53.8 Å². The molecule has 0 aliphatic rings. The first kappa shape index (κ1) is 21.4. The number of aromatic nitrogens is 2. The van der Waals surface area contributed by atoms with Gasteiger partial charge in [0, 0.05) is 5.56 Å². The number of para-hydroxylation sites is 1. The molecule has 4 rings (SSSR count). The van der Waals surface area contributed by atoms with Gasteiger partial charge < -0.3 is 19.3 Å². The number of ether oxygens (including phenoxy) is 3. The second-order valence-corrected chi connectivity index (χ2v) is 7.65. The van der Waals surface area contributed by atoms with Crippen molar-refractivity contribution < 1.29 is 19.3 Å². The summed E-state index contributed by atoms with van der Waals surface area (Å²) in [7, 11) is 3.12. The number of methoxy groups -OCH3 is 2. The topological polar surface area (TPSA) is 98.1 Å². The molecular weight excluding hydrogens is 428 g/mol. The van der Waals surface area contributed by atoms with Crippen LogP contribution in [0.2, 0.25) is 0 Å². The molecule has 0 aliphatic heterocycles. The molecule has 0 fully saturated rings. The van der Waals surface area contributed by atoms with Crippen molar-refractivity contribution in [3.8, 4) is 33.4 Å². The van der Waals surface area contributed by atoms with Gasteiger partial charge in [0.25, 0.3) is 0 Å². The Morgan fingerprint density at radius 2 is 1.97 bits per heavy atom. The fraction of sp³-hybridized carbons (Fsp3) is 0.174. The van der Waals surface area contributed by atoms with Crippen LogP contribution in [-0.4, -0.2) is 42.1 Å². The number of hydrazone groups is 1. The molecule has 0 radical (unpaired) electrons. The summed E-state index contributed by atoms with van der Waals surface area (Å²) < 4.78 is 17.4. The highest BCUT2D eigenvalue weighted by Gasteiger charge is 2.19. The summed E-state index contributed by atoms with van der Waals surface area (Å²) in [6, 6.07) is 12.8. The zero-order valence-electron chi connectivity index (χ0n) is 17.8. The van der Waals surface area contributed by atoms with Crippen molar-refractivity contribution in [2.45, 2.75) is 6.92 Å². The van der Waals surface area contributed by atoms with Gasteiger partial charge in [0.15, 0.2) is 17.2 Å². The predicted octanol–water partition coefficient (Wildman–Crippen LogP) is 4.93. The Morgan fingerprint density at radius 1 is 1.12 bits per heavy atom. The van der Waals surface area contributed by atoms with Crippen molar-refractivity contribution >= 4 is 33.7 Å². The average molecular weight is 451 g/mol. The van der Waals surface area contributed by atoms with E-state index in [0.717, 1.165) is 20.9 Å². The van der Waals surface area contributed by atoms with Crippen molar-refractivity contribution in [1.82, 2.24) is 9.97 Å². The normalized spacial score (nSPS) is 11.1. The molecule has 4 aromatic rings. The molecule has 0 aliphatic carbocycles. The van der Waals surface area contributed by atoms with Crippen molar-refractivity contribution in [2.75, 3.05) is 26.3 Å². The maximum atomic E-state index is 9.88. The molecule has 164 valence electrons. The first-order chi connectivity index (χ1) is 15.6. The molecule has 0 atom stereocenters. The van der Waals surface area contributed by atoms with Gasteiger partial charge in [-0.1, -0.05) is 12.1 Å². The molecule has 0 saturated heterocycles. The van der Waals surface area contributed by atoms with Crippen LogP contribution in [0.3, 0.4) is 0 Å². The number of hydrogen-bond donors (Lipinski definition) is 2. The Labute approximate surface area is 189 Å². The van der Waals surface area contributed by atoms with E-state index in [1.165, 1.54) is 7.11 Å². The lowest BCUT2D eigenvalue weighted by Gasteiger charge is -2.09. The van der Waals surface area contributed by atoms with Crippen LogP contribution in [0.1, 0.15) is 12.5 Å². The molecule has 0 unspecified atom stereocenters. The second kappa shape index (κ2) is 9.52. The molecule has 2 aromatic carbocycles. The smallest absolute Gasteiger partial charge is 0.244 e. The van der Waals surface area contributed by atoms with Gasteiger partial charge in [0.05, 0.1) is 42.8 Å². The molecule has 2 N–H and O–H groups in total. The maximum Gasteiger partial charge on any atom is 0.244 e. The van der Waals surface area contributed by atoms with Crippen molar-refractivity contribution in [3.05, 3.63) is 54.2 Å². The van der Waals surface area contributed by atoms with Crippen LogP contribution in [-0.2, 0) is 0 Å². The lowest BCUT2D eigenvalue weighted by molar-refractivity contribution is 0.341. The molecule has 8 nitrogen and oxygen atoms in total. The number of phenolic OH excluding ortho intramolecular Hbond substituents is 1. The molecular formula is C23H22N4O4S. The lowest BCUT2D eigenvalue weighted by Crippen LogP contribution is -1.97. The first-order valence-electron chi connectivity index (χ1n) is 9.86. The van der Waals surface area contributed by atoms with E-state index in [1.54, 1.807) is 49.1 Å². The molecule has 9 heteroatoms. The monoisotopic (exact) mass is 450 g/mol. The molecule has 0 amide bonds. The fourth-order valence-electron chi connectivity index (χ4n) is 3.18. The number of rotatable bonds is 8. The van der Waals surface area contributed by atoms with Gasteiger partial charge in [0.1, 0.15) is 11.3 Å². The minimum absolute atomic E-state index is 0.0389. The summed E-state index contributed by atoms with van der Waals surface area (Å²) in [5.41, 5.74) is 5.15. The van der Waals surface area contributed by atoms with Crippen molar-refractivity contribution in [3.63, 3.8) is 0 Å². The molecule has 0 spiro atoms. The summed E-state index contributed by atoms with van der Waals surface area (Å²) >= 11 is 1.54. The maximum absolute atomic E-state index is 9.88. The number of benzene rings is 2. The van der Waals surface area contributed by atoms with Crippen LogP contribution in [0.5, 0.6) is 23.0 Å². The van der Waals surface area contributed by atoms with Gasteiger partial charge in [-0.15, -0.1) is 11.3 Å². The number of nitrogens with zero attached hydrogens (tertiary/aromatic N) is 3. The van der Waals surface area contributed by atoms with E-state index in [-0.39, 0.29) is 5.75 Å². The largest absolute Gasteiger partial charge is 0.504 e. The van der Waals surface area contributed by atoms with E-state index in [9.17, 15) is 5.11 Å². The minimum atomic E-state index is 0.0389. The number of aromatic hydroxyl groups is 1. The van der Waals surface area contributed by atoms with Crippen molar-refractivity contribution in [2.24, 2.45) is 5.10 Å². The summed E-state index contributed by atoms with van der Waals surface area (Å²) in [6.07, 6.45) is 3.29. The zero-order chi connectivity index (χ0) is 22.5. The summed E-state index contributed by atoms with van der Waals surface area (Å²) in [4.78, 5) is 9.85. The van der Waals surface area contributed by atoms with Crippen LogP contribution in [0.4, 0.5) is 5.95 Å². The highest BCUT2D eigenvalue weighted by molar-refractivity contribution is 7.22. The predicted molar refractivity (Wildman–Crippen MR) is 126 cm³/mol. The van der Waals surface area contributed by atoms with Crippen LogP contribution < -0.4 is 19.6 Å². The third-order valence-corrected chi connectivity index (χ3v) is 5.73. The van der Waals surface area contributed by atoms with Crippen molar-refractivity contribution in [1.29, 1.82) is 0 Å². The Kier molecular flexibility index (Phi) is 6.37. The second-order valence-electron chi connectivity index (χ2n) is 6.60. The average Bonchev–Trinajstić information content (AvgIpc) is 3.17. The molecule has 0 bridgehead atoms. The van der Waals surface area contributed by atoms with Crippen LogP contribution in [0.25, 0.3) is 20.7 Å². The molecule has 2 heterocycles. The number of fused-ring (bicyclic) bond motifs is 1. The summed E-state index contributed by atoms with van der Waals surface area (Å²) in [5, 5.41) is 14.0. The fourth-order valence-corrected chi connectivity index (χ4v) is 4.29. The minimum Gasteiger partial charge on any atom is -0.504 e. The molecule has 0 saturated carbocycles. The third-order valence-electron chi connectivity index (χ3n) is 4.61. The van der Waals surface area contributed by atoms with Crippen LogP contribution in [0, 0.1) is 0 Å². The van der Waals surface area contributed by atoms with E-state index >= 15 is 0 Å². The standard InChI is InChI=1S/C23H22N4O4S/c1-4-31-17-8-6-5-7-15(17)22-21(30-3)20-19(32-22)13-24-23(26-20)27-25-12-14-9-10-18(29-2)16(28)11-14/h5-13,28H,4H2,1-3H3,(H,24,26,27). The number of anilines is 1. The molecule has 32 heavy (non-hydrogen) atoms. The SMILES string of the molecule is CCOc1ccccc1-c1sc2cnc(NN=Cc3ccc(OC)c(O)c3)nc2c1OC. The van der Waals surface area contributed by atoms with Gasteiger partial charge in [-0.3, -0.25) is 0 Å². The Bertz CT molecular complexity index is 1270. The van der Waals surface area contributed by atoms with Gasteiger partial charge in [-0.25, -0.2) is 15.4 Å². The van der Waals surface area contributed by atoms with Crippen LogP contribution >= 0.6 is 11.3 Å². The Balaban J connectivity index is 1.63. The van der Waals surface area contributed by atoms with Gasteiger partial charge >= 0.3 is 0 Å². The van der Waals surface area contributed by atoms with Gasteiger partial charge in [-0.05, 0) is 42.8 Å². The number of phenols is 1. The Hall–Kier alpha value is -3.85. The molecule has 2 aromatic heterocycles. The van der Waals surface area contributed by atoms with E-state index in [2.05, 4.69) is 20.5 Å². The number of hydrogen-bond acceptors (Lipinski definition) is 9. The van der Waals surface area contributed by atoms with E-state index in [4.69, 9.17) is 14.2 Å². The number of thiophene rings is 1. The highest BCUT2D eigenvalue weighted by atomic mass is 32.1. The van der Waals surface area contributed by atoms with E-state index in [0.29, 0.717) is 35.1 Å². The summed E-state index contributed by atoms with van der Waals surface area (Å²) in [5.74, 6) is 2.21. The third kappa shape index (κ3) is 4.28. The lowest BCUT2D eigenvalue weighted by atomic mass is 10.1. The Morgan fingerprint density at radius 3 is 2.72 bits per heavy atom. The number of nitrogens with one attached hydrogen (secondary N) is 1. The zero-order valence-corrected chi connectivity index (χ0v) is 18.6. The van der Waals surface area contributed by atoms with E-state index < -0.39 is 0 Å². The van der Waals surface area contributed by atoms with Gasteiger partial charge in [0.2, 0.25) is 5.95 Å². The van der Waals surface area contributed by atoms with E-state index in [1.807, 2.05) is 31.2 Å².